The summed E-state index contributed by atoms with van der Waals surface area (Å²) in [7, 11) is -2.18. The molecule has 0 atom stereocenters. The van der Waals surface area contributed by atoms with Gasteiger partial charge in [0, 0.05) is 0 Å². The summed E-state index contributed by atoms with van der Waals surface area (Å²) in [5.41, 5.74) is 27.6. The summed E-state index contributed by atoms with van der Waals surface area (Å²) in [5.74, 6) is 0. The lowest BCUT2D eigenvalue weighted by molar-refractivity contribution is 1.34. The Labute approximate surface area is 367 Å². The normalized spacial score (nSPS) is 12.9. The van der Waals surface area contributed by atoms with Crippen molar-refractivity contribution in [1.29, 1.82) is 0 Å². The van der Waals surface area contributed by atoms with Crippen LogP contribution in [0.25, 0.3) is 32.7 Å². The van der Waals surface area contributed by atoms with E-state index in [-0.39, 0.29) is 13.4 Å². The van der Waals surface area contributed by atoms with Crippen LogP contribution in [0.15, 0.2) is 109 Å². The maximum atomic E-state index is 2.64. The van der Waals surface area contributed by atoms with Crippen molar-refractivity contribution in [2.75, 3.05) is 0 Å². The van der Waals surface area contributed by atoms with E-state index in [2.05, 4.69) is 205 Å². The first kappa shape index (κ1) is 41.0. The summed E-state index contributed by atoms with van der Waals surface area (Å²) in [6.45, 7) is 32.9. The standard InChI is InChI=1S/C58H60B2Si/c1-33-22-37(5)55(38(6)23-33)59(56-39(7)24-34(2)25-40(56)8)46-19-18-45-30-51-48-21-20-47(32-53(48)61(13,14)52-17-15-16-49(54(51)52)50(45)31-46)60(57-41(9)26-35(3)27-42(57)10)58-43(11)28-36(4)29-44(58)12/h15-32H,1-14H3. The average molecular weight is 807 g/mol. The molecule has 61 heavy (non-hydrogen) atoms. The summed E-state index contributed by atoms with van der Waals surface area (Å²) in [6, 6.07) is 43.8. The zero-order valence-corrected chi connectivity index (χ0v) is 40.0. The molecular weight excluding hydrogens is 746 g/mol. The quantitative estimate of drug-likeness (QED) is 0.116. The Morgan fingerprint density at radius 3 is 1.16 bits per heavy atom. The first-order chi connectivity index (χ1) is 28.9. The van der Waals surface area contributed by atoms with Gasteiger partial charge in [0.25, 0.3) is 0 Å². The Hall–Kier alpha value is -5.37. The Kier molecular flexibility index (Phi) is 10.0. The molecule has 0 spiro atoms. The molecule has 0 fully saturated rings. The first-order valence-electron chi connectivity index (χ1n) is 22.4. The predicted octanol–water partition coefficient (Wildman–Crippen LogP) is 9.53. The first-order valence-corrected chi connectivity index (χ1v) is 25.4. The highest BCUT2D eigenvalue weighted by atomic mass is 28.3. The van der Waals surface area contributed by atoms with Gasteiger partial charge in [-0.05, 0) is 132 Å². The molecule has 0 unspecified atom stereocenters. The zero-order valence-electron chi connectivity index (χ0n) is 39.0. The van der Waals surface area contributed by atoms with Gasteiger partial charge in [0.15, 0.2) is 0 Å². The highest BCUT2D eigenvalue weighted by Crippen LogP contribution is 2.38. The van der Waals surface area contributed by atoms with Gasteiger partial charge in [0.05, 0.1) is 0 Å². The van der Waals surface area contributed by atoms with Crippen molar-refractivity contribution in [2.45, 2.75) is 96.2 Å². The lowest BCUT2D eigenvalue weighted by Crippen LogP contribution is -2.60. The average Bonchev–Trinajstić information content (AvgIpc) is 3.17. The third kappa shape index (κ3) is 6.67. The number of benzene rings is 8. The van der Waals surface area contributed by atoms with Crippen molar-refractivity contribution in [2.24, 2.45) is 0 Å². The van der Waals surface area contributed by atoms with E-state index < -0.39 is 8.07 Å². The second-order valence-electron chi connectivity index (χ2n) is 19.7. The van der Waals surface area contributed by atoms with Crippen LogP contribution in [0.4, 0.5) is 0 Å². The topological polar surface area (TPSA) is 0 Å². The van der Waals surface area contributed by atoms with Gasteiger partial charge in [-0.3, -0.25) is 0 Å². The van der Waals surface area contributed by atoms with Gasteiger partial charge in [0.2, 0.25) is 13.4 Å². The van der Waals surface area contributed by atoms with Gasteiger partial charge in [0.1, 0.15) is 8.07 Å². The van der Waals surface area contributed by atoms with Crippen LogP contribution in [-0.4, -0.2) is 21.5 Å². The molecule has 0 nitrogen and oxygen atoms in total. The maximum Gasteiger partial charge on any atom is 0.242 e. The van der Waals surface area contributed by atoms with Crippen LogP contribution in [0, 0.1) is 83.1 Å². The fourth-order valence-corrected chi connectivity index (χ4v) is 15.4. The minimum absolute atomic E-state index is 0.135. The van der Waals surface area contributed by atoms with Crippen molar-refractivity contribution in [3.8, 4) is 11.1 Å². The van der Waals surface area contributed by atoms with Crippen LogP contribution in [0.3, 0.4) is 0 Å². The molecule has 302 valence electrons. The van der Waals surface area contributed by atoms with Crippen molar-refractivity contribution >= 4 is 86.2 Å². The van der Waals surface area contributed by atoms with E-state index in [1.807, 2.05) is 0 Å². The number of fused-ring (bicyclic) bond motifs is 4. The van der Waals surface area contributed by atoms with E-state index in [0.717, 1.165) is 0 Å². The third-order valence-corrected chi connectivity index (χ3v) is 18.0. The molecule has 3 heteroatoms. The third-order valence-electron chi connectivity index (χ3n) is 14.5. The van der Waals surface area contributed by atoms with Crippen LogP contribution in [0.5, 0.6) is 0 Å². The van der Waals surface area contributed by atoms with Crippen LogP contribution >= 0.6 is 0 Å². The SMILES string of the molecule is Cc1cc(C)c(B(c2ccc3c(c2)[Si](C)(C)c2cccc4c2c-3cc2ccc(B(c3c(C)cc(C)cc3C)c3c(C)cc(C)cc3C)cc24)c2c(C)cc(C)cc2C)c(C)c1. The van der Waals surface area contributed by atoms with Crippen LogP contribution < -0.4 is 43.2 Å². The van der Waals surface area contributed by atoms with E-state index in [1.54, 1.807) is 10.4 Å². The highest BCUT2D eigenvalue weighted by molar-refractivity contribution is 7.04. The Morgan fingerprint density at radius 2 is 0.738 bits per heavy atom. The molecular formula is C58H60B2Si. The molecule has 1 aliphatic rings. The van der Waals surface area contributed by atoms with Gasteiger partial charge < -0.3 is 0 Å². The fraction of sp³-hybridized carbons (Fsp3) is 0.241. The minimum Gasteiger partial charge on any atom is -0.0687 e. The van der Waals surface area contributed by atoms with Gasteiger partial charge in [-0.25, -0.2) is 0 Å². The van der Waals surface area contributed by atoms with Crippen molar-refractivity contribution in [1.82, 2.24) is 0 Å². The highest BCUT2D eigenvalue weighted by Gasteiger charge is 2.38. The second kappa shape index (κ2) is 14.9. The molecule has 0 aliphatic carbocycles. The molecule has 0 bridgehead atoms. The number of rotatable bonds is 6. The van der Waals surface area contributed by atoms with Gasteiger partial charge in [-0.1, -0.05) is 216 Å². The molecule has 1 aliphatic heterocycles. The molecule has 0 saturated carbocycles. The maximum absolute atomic E-state index is 2.64. The van der Waals surface area contributed by atoms with Crippen LogP contribution in [0.1, 0.15) is 66.8 Å². The minimum atomic E-state index is -2.18. The van der Waals surface area contributed by atoms with Crippen molar-refractivity contribution < 1.29 is 0 Å². The van der Waals surface area contributed by atoms with E-state index in [1.165, 1.54) is 132 Å². The van der Waals surface area contributed by atoms with Crippen LogP contribution in [0.2, 0.25) is 13.1 Å². The number of hydrogen-bond donors (Lipinski definition) is 0. The summed E-state index contributed by atoms with van der Waals surface area (Å²) < 4.78 is 0. The predicted molar refractivity (Wildman–Crippen MR) is 276 cm³/mol. The van der Waals surface area contributed by atoms with Crippen molar-refractivity contribution in [3.05, 3.63) is 176 Å². The summed E-state index contributed by atoms with van der Waals surface area (Å²) >= 11 is 0. The molecule has 0 N–H and O–H groups in total. The molecule has 0 aromatic heterocycles. The van der Waals surface area contributed by atoms with Crippen LogP contribution in [-0.2, 0) is 0 Å². The molecule has 0 radical (unpaired) electrons. The Morgan fingerprint density at radius 1 is 0.344 bits per heavy atom. The van der Waals surface area contributed by atoms with Gasteiger partial charge in [-0.2, -0.15) is 0 Å². The molecule has 1 heterocycles. The zero-order chi connectivity index (χ0) is 43.4. The molecule has 8 aromatic rings. The molecule has 0 amide bonds. The second-order valence-corrected chi connectivity index (χ2v) is 24.0. The fourth-order valence-electron chi connectivity index (χ4n) is 12.3. The van der Waals surface area contributed by atoms with E-state index in [9.17, 15) is 0 Å². The Bertz CT molecular complexity index is 2940. The van der Waals surface area contributed by atoms with Gasteiger partial charge >= 0.3 is 0 Å². The molecule has 9 rings (SSSR count). The summed E-state index contributed by atoms with van der Waals surface area (Å²) in [6.07, 6.45) is 0. The van der Waals surface area contributed by atoms with E-state index in [0.29, 0.717) is 0 Å². The van der Waals surface area contributed by atoms with E-state index >= 15 is 0 Å². The Balaban J connectivity index is 1.28. The largest absolute Gasteiger partial charge is 0.242 e. The van der Waals surface area contributed by atoms with Gasteiger partial charge in [-0.15, -0.1) is 0 Å². The van der Waals surface area contributed by atoms with E-state index in [4.69, 9.17) is 0 Å². The monoisotopic (exact) mass is 806 g/mol. The lowest BCUT2D eigenvalue weighted by atomic mass is 9.34. The number of aryl methyl sites for hydroxylation is 12. The lowest BCUT2D eigenvalue weighted by Gasteiger charge is -2.35. The van der Waals surface area contributed by atoms with Crippen molar-refractivity contribution in [3.63, 3.8) is 0 Å². The summed E-state index contributed by atoms with van der Waals surface area (Å²) in [4.78, 5) is 0. The number of hydrogen-bond acceptors (Lipinski definition) is 0. The smallest absolute Gasteiger partial charge is 0.0687 e. The molecule has 8 aromatic carbocycles. The summed E-state index contributed by atoms with van der Waals surface area (Å²) in [5, 5.41) is 8.59. The molecule has 0 saturated heterocycles.